The fourth-order valence-corrected chi connectivity index (χ4v) is 2.77. The molecule has 29 heavy (non-hydrogen) atoms. The van der Waals surface area contributed by atoms with E-state index in [1.807, 2.05) is 62.4 Å². The lowest BCUT2D eigenvalue weighted by atomic mass is 10.1. The summed E-state index contributed by atoms with van der Waals surface area (Å²) in [5.41, 5.74) is 4.51. The van der Waals surface area contributed by atoms with Crippen LogP contribution in [-0.2, 0) is 11.3 Å². The smallest absolute Gasteiger partial charge is 0.262 e. The van der Waals surface area contributed by atoms with Gasteiger partial charge >= 0.3 is 0 Å². The van der Waals surface area contributed by atoms with Gasteiger partial charge in [-0.25, -0.2) is 0 Å². The third-order valence-electron chi connectivity index (χ3n) is 4.55. The summed E-state index contributed by atoms with van der Waals surface area (Å²) in [6, 6.07) is 22.2. The van der Waals surface area contributed by atoms with Crippen LogP contribution in [0.5, 0.6) is 5.75 Å². The Morgan fingerprint density at radius 2 is 1.66 bits per heavy atom. The Bertz CT molecular complexity index is 1000. The van der Waals surface area contributed by atoms with Gasteiger partial charge in [0, 0.05) is 17.8 Å². The molecule has 0 radical (unpaired) electrons. The predicted molar refractivity (Wildman–Crippen MR) is 114 cm³/mol. The zero-order chi connectivity index (χ0) is 20.6. The molecule has 3 rings (SSSR count). The Balaban J connectivity index is 1.53. The van der Waals surface area contributed by atoms with Gasteiger partial charge in [-0.1, -0.05) is 42.5 Å². The summed E-state index contributed by atoms with van der Waals surface area (Å²) < 4.78 is 5.56. The Labute approximate surface area is 170 Å². The maximum absolute atomic E-state index is 12.4. The summed E-state index contributed by atoms with van der Waals surface area (Å²) in [4.78, 5) is 24.5. The maximum atomic E-state index is 12.4. The molecule has 0 spiro atoms. The number of benzene rings is 3. The molecule has 3 aromatic carbocycles. The van der Waals surface area contributed by atoms with Crippen molar-refractivity contribution in [3.05, 3.63) is 95.1 Å². The summed E-state index contributed by atoms with van der Waals surface area (Å²) in [5, 5.41) is 5.69. The monoisotopic (exact) mass is 388 g/mol. The number of hydrogen-bond acceptors (Lipinski definition) is 3. The highest BCUT2D eigenvalue weighted by Gasteiger charge is 2.09. The highest BCUT2D eigenvalue weighted by atomic mass is 16.5. The van der Waals surface area contributed by atoms with Crippen LogP contribution in [0.25, 0.3) is 0 Å². The Kier molecular flexibility index (Phi) is 6.63. The number of hydrogen-bond donors (Lipinski definition) is 2. The van der Waals surface area contributed by atoms with Crippen molar-refractivity contribution in [3.8, 4) is 5.75 Å². The number of carbonyl (C=O) groups excluding carboxylic acids is 2. The topological polar surface area (TPSA) is 67.4 Å². The second kappa shape index (κ2) is 9.55. The zero-order valence-electron chi connectivity index (χ0n) is 16.6. The first-order valence-electron chi connectivity index (χ1n) is 9.43. The first-order chi connectivity index (χ1) is 14.0. The van der Waals surface area contributed by atoms with Gasteiger partial charge in [-0.3, -0.25) is 9.59 Å². The molecule has 3 aromatic rings. The largest absolute Gasteiger partial charge is 0.484 e. The molecule has 2 amide bonds. The van der Waals surface area contributed by atoms with Crippen molar-refractivity contribution >= 4 is 17.5 Å². The predicted octanol–water partition coefficient (Wildman–Crippen LogP) is 4.25. The van der Waals surface area contributed by atoms with Crippen LogP contribution < -0.4 is 15.4 Å². The second-order valence-corrected chi connectivity index (χ2v) is 6.83. The quantitative estimate of drug-likeness (QED) is 0.636. The Morgan fingerprint density at radius 3 is 2.41 bits per heavy atom. The van der Waals surface area contributed by atoms with Gasteiger partial charge in [-0.2, -0.15) is 0 Å². The lowest BCUT2D eigenvalue weighted by Crippen LogP contribution is -2.23. The van der Waals surface area contributed by atoms with Crippen molar-refractivity contribution in [1.82, 2.24) is 5.32 Å². The fourth-order valence-electron chi connectivity index (χ4n) is 2.77. The molecule has 0 heterocycles. The van der Waals surface area contributed by atoms with Gasteiger partial charge in [0.25, 0.3) is 11.8 Å². The van der Waals surface area contributed by atoms with E-state index in [2.05, 4.69) is 10.6 Å². The number of ether oxygens (including phenoxy) is 1. The van der Waals surface area contributed by atoms with Crippen LogP contribution >= 0.6 is 0 Å². The summed E-state index contributed by atoms with van der Waals surface area (Å²) >= 11 is 0. The first kappa shape index (κ1) is 20.1. The van der Waals surface area contributed by atoms with Crippen molar-refractivity contribution in [3.63, 3.8) is 0 Å². The summed E-state index contributed by atoms with van der Waals surface area (Å²) in [6.45, 7) is 4.33. The van der Waals surface area contributed by atoms with E-state index in [0.29, 0.717) is 17.9 Å². The molecule has 0 aliphatic heterocycles. The van der Waals surface area contributed by atoms with E-state index < -0.39 is 0 Å². The van der Waals surface area contributed by atoms with Crippen molar-refractivity contribution in [2.24, 2.45) is 0 Å². The first-order valence-corrected chi connectivity index (χ1v) is 9.43. The van der Waals surface area contributed by atoms with E-state index in [1.165, 1.54) is 5.56 Å². The third kappa shape index (κ3) is 5.94. The third-order valence-corrected chi connectivity index (χ3v) is 4.55. The second-order valence-electron chi connectivity index (χ2n) is 6.83. The van der Waals surface area contributed by atoms with E-state index in [9.17, 15) is 9.59 Å². The molecule has 0 aromatic heterocycles. The van der Waals surface area contributed by atoms with Gasteiger partial charge in [0.05, 0.1) is 0 Å². The number of carbonyl (C=O) groups is 2. The lowest BCUT2D eigenvalue weighted by Gasteiger charge is -2.10. The SMILES string of the molecule is Cc1ccc(NC(=O)COc2cccc(C(=O)NCc3ccccc3)c2)cc1C. The summed E-state index contributed by atoms with van der Waals surface area (Å²) in [7, 11) is 0. The molecule has 0 fully saturated rings. The van der Waals surface area contributed by atoms with Crippen LogP contribution in [0.1, 0.15) is 27.0 Å². The minimum atomic E-state index is -0.257. The molecular weight excluding hydrogens is 364 g/mol. The van der Waals surface area contributed by atoms with Crippen LogP contribution in [0.3, 0.4) is 0 Å². The van der Waals surface area contributed by atoms with Crippen molar-refractivity contribution in [2.75, 3.05) is 11.9 Å². The molecule has 0 atom stereocenters. The van der Waals surface area contributed by atoms with Crippen LogP contribution in [0.4, 0.5) is 5.69 Å². The van der Waals surface area contributed by atoms with E-state index in [1.54, 1.807) is 24.3 Å². The normalized spacial score (nSPS) is 10.3. The summed E-state index contributed by atoms with van der Waals surface area (Å²) in [6.07, 6.45) is 0. The van der Waals surface area contributed by atoms with Crippen LogP contribution in [0, 0.1) is 13.8 Å². The molecule has 0 saturated carbocycles. The van der Waals surface area contributed by atoms with E-state index in [4.69, 9.17) is 4.74 Å². The molecule has 0 aliphatic rings. The van der Waals surface area contributed by atoms with Crippen LogP contribution in [0.2, 0.25) is 0 Å². The molecule has 0 saturated heterocycles. The molecule has 0 bridgehead atoms. The molecule has 0 aliphatic carbocycles. The minimum absolute atomic E-state index is 0.137. The van der Waals surface area contributed by atoms with Crippen LogP contribution in [-0.4, -0.2) is 18.4 Å². The molecule has 2 N–H and O–H groups in total. The average molecular weight is 388 g/mol. The summed E-state index contributed by atoms with van der Waals surface area (Å²) in [5.74, 6) is 0.0127. The zero-order valence-corrected chi connectivity index (χ0v) is 16.6. The molecule has 148 valence electrons. The average Bonchev–Trinajstić information content (AvgIpc) is 2.74. The van der Waals surface area contributed by atoms with Gasteiger partial charge in [-0.05, 0) is 60.9 Å². The van der Waals surface area contributed by atoms with Crippen molar-refractivity contribution in [2.45, 2.75) is 20.4 Å². The molecule has 5 nitrogen and oxygen atoms in total. The molecule has 0 unspecified atom stereocenters. The number of amides is 2. The molecular formula is C24H24N2O3. The van der Waals surface area contributed by atoms with E-state index in [0.717, 1.165) is 16.8 Å². The highest BCUT2D eigenvalue weighted by Crippen LogP contribution is 2.16. The number of anilines is 1. The van der Waals surface area contributed by atoms with Gasteiger partial charge in [0.15, 0.2) is 6.61 Å². The number of nitrogens with one attached hydrogen (secondary N) is 2. The number of aryl methyl sites for hydroxylation is 2. The standard InChI is InChI=1S/C24H24N2O3/c1-17-11-12-21(13-18(17)2)26-23(27)16-29-22-10-6-9-20(14-22)24(28)25-15-19-7-4-3-5-8-19/h3-14H,15-16H2,1-2H3,(H,25,28)(H,26,27). The number of rotatable bonds is 7. The maximum Gasteiger partial charge on any atom is 0.262 e. The van der Waals surface area contributed by atoms with Crippen molar-refractivity contribution in [1.29, 1.82) is 0 Å². The Hall–Kier alpha value is -3.60. The van der Waals surface area contributed by atoms with Gasteiger partial charge in [0.2, 0.25) is 0 Å². The lowest BCUT2D eigenvalue weighted by molar-refractivity contribution is -0.118. The minimum Gasteiger partial charge on any atom is -0.484 e. The van der Waals surface area contributed by atoms with E-state index >= 15 is 0 Å². The van der Waals surface area contributed by atoms with E-state index in [-0.39, 0.29) is 18.4 Å². The van der Waals surface area contributed by atoms with Crippen molar-refractivity contribution < 1.29 is 14.3 Å². The Morgan fingerprint density at radius 1 is 0.862 bits per heavy atom. The highest BCUT2D eigenvalue weighted by molar-refractivity contribution is 5.94. The fraction of sp³-hybridized carbons (Fsp3) is 0.167. The van der Waals surface area contributed by atoms with Gasteiger partial charge < -0.3 is 15.4 Å². The molecule has 5 heteroatoms. The van der Waals surface area contributed by atoms with Crippen LogP contribution in [0.15, 0.2) is 72.8 Å². The van der Waals surface area contributed by atoms with Gasteiger partial charge in [-0.15, -0.1) is 0 Å². The van der Waals surface area contributed by atoms with Gasteiger partial charge in [0.1, 0.15) is 5.75 Å².